The highest BCUT2D eigenvalue weighted by Crippen LogP contribution is 2.60. The van der Waals surface area contributed by atoms with Crippen molar-refractivity contribution in [2.24, 2.45) is 17.3 Å². The molecule has 1 N–H and O–H groups in total. The minimum Gasteiger partial charge on any atom is -0.481 e. The summed E-state index contributed by atoms with van der Waals surface area (Å²) in [6.07, 6.45) is 0.356. The summed E-state index contributed by atoms with van der Waals surface area (Å²) in [4.78, 5) is 41.4. The van der Waals surface area contributed by atoms with Gasteiger partial charge in [-0.2, -0.15) is 23.0 Å². The summed E-state index contributed by atoms with van der Waals surface area (Å²) in [7, 11) is 0. The van der Waals surface area contributed by atoms with Gasteiger partial charge in [0.1, 0.15) is 0 Å². The number of carbonyl (C=O) groups is 3. The molecule has 1 spiro atoms. The van der Waals surface area contributed by atoms with Gasteiger partial charge in [0.2, 0.25) is 5.91 Å². The van der Waals surface area contributed by atoms with E-state index in [-0.39, 0.29) is 46.7 Å². The first-order chi connectivity index (χ1) is 20.9. The highest BCUT2D eigenvalue weighted by molar-refractivity contribution is 6.34. The van der Waals surface area contributed by atoms with Crippen LogP contribution in [-0.4, -0.2) is 70.1 Å². The summed E-state index contributed by atoms with van der Waals surface area (Å²) < 4.78 is 49.4. The number of nitrogens with zero attached hydrogens (tertiary/aromatic N) is 3. The third-order valence-electron chi connectivity index (χ3n) is 10.5. The number of benzene rings is 1. The van der Waals surface area contributed by atoms with Gasteiger partial charge in [-0.1, -0.05) is 29.8 Å². The van der Waals surface area contributed by atoms with Crippen LogP contribution in [0.5, 0.6) is 0 Å². The van der Waals surface area contributed by atoms with Crippen LogP contribution in [0.15, 0.2) is 24.3 Å². The predicted octanol–water partition coefficient (Wildman–Crippen LogP) is 5.44. The van der Waals surface area contributed by atoms with Crippen molar-refractivity contribution in [2.45, 2.75) is 69.4 Å². The van der Waals surface area contributed by atoms with E-state index in [0.29, 0.717) is 69.8 Å². The van der Waals surface area contributed by atoms with Crippen molar-refractivity contribution in [1.82, 2.24) is 14.7 Å². The molecule has 44 heavy (non-hydrogen) atoms. The van der Waals surface area contributed by atoms with Crippen LogP contribution in [0.4, 0.5) is 13.2 Å². The van der Waals surface area contributed by atoms with Crippen LogP contribution < -0.4 is 0 Å². The Kier molecular flexibility index (Phi) is 7.00. The Balaban J connectivity index is 1.27. The first-order valence-electron chi connectivity index (χ1n) is 15.2. The Morgan fingerprint density at radius 2 is 1.82 bits per heavy atom. The van der Waals surface area contributed by atoms with E-state index >= 15 is 0 Å². The SMILES string of the molecule is O=C(O)[C@H]1CC=C(c2nn(C(=O)c3c(Cl)cccc3C3(C(F)(F)F)CC3)c3c2CC[C@H](C(=O)N2CCC4(COC4)C2)C3)CC1. The average Bonchev–Trinajstić information content (AvgIpc) is 3.54. The summed E-state index contributed by atoms with van der Waals surface area (Å²) in [5.41, 5.74) is 0.200. The topological polar surface area (TPSA) is 102 Å². The minimum absolute atomic E-state index is 0.00907. The number of likely N-dealkylation sites (tertiary alicyclic amines) is 1. The van der Waals surface area contributed by atoms with E-state index in [2.05, 4.69) is 0 Å². The quantitative estimate of drug-likeness (QED) is 0.472. The number of amides is 1. The molecule has 8 nitrogen and oxygen atoms in total. The molecule has 7 rings (SSSR count). The first-order valence-corrected chi connectivity index (χ1v) is 15.6. The number of carboxylic acids is 1. The highest BCUT2D eigenvalue weighted by Gasteiger charge is 2.65. The number of carbonyl (C=O) groups excluding carboxylic acids is 2. The molecule has 234 valence electrons. The fourth-order valence-electron chi connectivity index (χ4n) is 7.61. The van der Waals surface area contributed by atoms with E-state index in [4.69, 9.17) is 21.4 Å². The standard InChI is InChI=1S/C32H33ClF3N3O5/c33-23-3-1-2-22(31(10-11-31)32(34,35)36)25(23)28(41)39-24-14-20(27(40)38-13-12-30(15-38)16-44-17-30)8-9-21(24)26(37-39)18-4-6-19(7-5-18)29(42)43/h1-4,19-20H,5-17H2,(H,42,43)/t19-,20-/m0/s1. The lowest BCUT2D eigenvalue weighted by Gasteiger charge is -2.38. The monoisotopic (exact) mass is 631 g/mol. The van der Waals surface area contributed by atoms with E-state index < -0.39 is 35.3 Å². The van der Waals surface area contributed by atoms with Gasteiger partial charge in [0.25, 0.3) is 5.91 Å². The van der Waals surface area contributed by atoms with Gasteiger partial charge in [-0.3, -0.25) is 14.4 Å². The second kappa shape index (κ2) is 10.4. The molecule has 2 aliphatic heterocycles. The molecule has 3 heterocycles. The summed E-state index contributed by atoms with van der Waals surface area (Å²) in [6.45, 7) is 2.58. The maximum absolute atomic E-state index is 14.3. The van der Waals surface area contributed by atoms with Gasteiger partial charge in [0.05, 0.1) is 46.5 Å². The Morgan fingerprint density at radius 1 is 1.07 bits per heavy atom. The molecule has 5 aliphatic rings. The van der Waals surface area contributed by atoms with E-state index in [0.717, 1.165) is 17.6 Å². The fraction of sp³-hybridized carbons (Fsp3) is 0.562. The van der Waals surface area contributed by atoms with Crippen molar-refractivity contribution in [3.63, 3.8) is 0 Å². The van der Waals surface area contributed by atoms with Gasteiger partial charge in [-0.15, -0.1) is 0 Å². The highest BCUT2D eigenvalue weighted by atomic mass is 35.5. The maximum Gasteiger partial charge on any atom is 0.398 e. The number of hydrogen-bond donors (Lipinski definition) is 1. The lowest BCUT2D eigenvalue weighted by atomic mass is 9.82. The number of carboxylic acid groups (broad SMARTS) is 1. The molecule has 0 unspecified atom stereocenters. The second-order valence-corrected chi connectivity index (χ2v) is 13.6. The molecule has 0 radical (unpaired) electrons. The largest absolute Gasteiger partial charge is 0.481 e. The zero-order valence-electron chi connectivity index (χ0n) is 24.1. The van der Waals surface area contributed by atoms with E-state index in [1.165, 1.54) is 22.9 Å². The van der Waals surface area contributed by atoms with Gasteiger partial charge in [0, 0.05) is 36.4 Å². The van der Waals surface area contributed by atoms with Crippen molar-refractivity contribution < 1.29 is 37.4 Å². The number of ether oxygens (including phenoxy) is 1. The zero-order valence-corrected chi connectivity index (χ0v) is 24.8. The third kappa shape index (κ3) is 4.69. The lowest BCUT2D eigenvalue weighted by molar-refractivity contribution is -0.160. The molecular weight excluding hydrogens is 599 g/mol. The average molecular weight is 632 g/mol. The molecule has 1 aromatic carbocycles. The van der Waals surface area contributed by atoms with Crippen molar-refractivity contribution in [3.8, 4) is 0 Å². The van der Waals surface area contributed by atoms with Crippen LogP contribution in [0.3, 0.4) is 0 Å². The van der Waals surface area contributed by atoms with Gasteiger partial charge < -0.3 is 14.7 Å². The van der Waals surface area contributed by atoms with Crippen LogP contribution >= 0.6 is 11.6 Å². The molecule has 1 saturated carbocycles. The molecule has 1 amide bonds. The Morgan fingerprint density at radius 3 is 2.41 bits per heavy atom. The van der Waals surface area contributed by atoms with Crippen molar-refractivity contribution in [1.29, 1.82) is 0 Å². The van der Waals surface area contributed by atoms with Crippen LogP contribution in [0.2, 0.25) is 5.02 Å². The maximum atomic E-state index is 14.3. The van der Waals surface area contributed by atoms with Crippen molar-refractivity contribution in [3.05, 3.63) is 57.4 Å². The van der Waals surface area contributed by atoms with Crippen LogP contribution in [-0.2, 0) is 32.6 Å². The molecule has 12 heteroatoms. The lowest BCUT2D eigenvalue weighted by Crippen LogP contribution is -2.46. The summed E-state index contributed by atoms with van der Waals surface area (Å²) in [5.74, 6) is -2.51. The Bertz CT molecular complexity index is 1590. The second-order valence-electron chi connectivity index (χ2n) is 13.2. The predicted molar refractivity (Wildman–Crippen MR) is 153 cm³/mol. The van der Waals surface area contributed by atoms with Gasteiger partial charge >= 0.3 is 12.1 Å². The Labute approximate surface area is 257 Å². The number of alkyl halides is 3. The normalized spacial score (nSPS) is 25.3. The molecule has 1 aromatic heterocycles. The molecule has 3 aliphatic carbocycles. The summed E-state index contributed by atoms with van der Waals surface area (Å²) >= 11 is 6.49. The van der Waals surface area contributed by atoms with Crippen LogP contribution in [0.25, 0.3) is 5.57 Å². The number of halogens is 4. The van der Waals surface area contributed by atoms with E-state index in [1.54, 1.807) is 0 Å². The molecular formula is C32H33ClF3N3O5. The van der Waals surface area contributed by atoms with Gasteiger partial charge in [-0.25, -0.2) is 0 Å². The molecule has 0 bridgehead atoms. The third-order valence-corrected chi connectivity index (χ3v) is 10.8. The number of aromatic nitrogens is 2. The molecule has 2 atom stereocenters. The number of fused-ring (bicyclic) bond motifs is 1. The summed E-state index contributed by atoms with van der Waals surface area (Å²) in [6, 6.07) is 4.17. The van der Waals surface area contributed by atoms with Gasteiger partial charge in [-0.05, 0) is 68.6 Å². The fourth-order valence-corrected chi connectivity index (χ4v) is 7.86. The smallest absolute Gasteiger partial charge is 0.398 e. The molecule has 3 fully saturated rings. The summed E-state index contributed by atoms with van der Waals surface area (Å²) in [5, 5.41) is 14.1. The zero-order chi connectivity index (χ0) is 31.0. The molecule has 2 aromatic rings. The number of allylic oxidation sites excluding steroid dienone is 2. The van der Waals surface area contributed by atoms with E-state index in [1.807, 2.05) is 11.0 Å². The van der Waals surface area contributed by atoms with Gasteiger partial charge in [0.15, 0.2) is 0 Å². The minimum atomic E-state index is -4.55. The number of rotatable bonds is 5. The van der Waals surface area contributed by atoms with Crippen molar-refractivity contribution >= 4 is 35.0 Å². The molecule has 2 saturated heterocycles. The number of aliphatic carboxylic acids is 1. The van der Waals surface area contributed by atoms with Crippen LogP contribution in [0.1, 0.15) is 77.8 Å². The number of hydrogen-bond acceptors (Lipinski definition) is 5. The first kappa shape index (κ1) is 29.5. The van der Waals surface area contributed by atoms with E-state index in [9.17, 15) is 32.7 Å². The Hall–Kier alpha value is -3.18. The van der Waals surface area contributed by atoms with Crippen LogP contribution in [0, 0.1) is 17.3 Å². The van der Waals surface area contributed by atoms with Crippen molar-refractivity contribution in [2.75, 3.05) is 26.3 Å².